The van der Waals surface area contributed by atoms with E-state index in [2.05, 4.69) is 34.6 Å². The highest BCUT2D eigenvalue weighted by Gasteiger charge is 2.86. The summed E-state index contributed by atoms with van der Waals surface area (Å²) in [4.78, 5) is 75.3. The van der Waals surface area contributed by atoms with E-state index in [0.29, 0.717) is 18.8 Å². The third-order valence-electron chi connectivity index (χ3n) is 17.6. The summed E-state index contributed by atoms with van der Waals surface area (Å²) < 4.78 is 55.0. The Kier molecular flexibility index (Phi) is 12.5. The van der Waals surface area contributed by atoms with E-state index in [0.717, 1.165) is 44.9 Å². The summed E-state index contributed by atoms with van der Waals surface area (Å²) in [5.41, 5.74) is -1.50. The van der Waals surface area contributed by atoms with Crippen LogP contribution in [0.2, 0.25) is 0 Å². The van der Waals surface area contributed by atoms with Gasteiger partial charge in [0.05, 0.1) is 11.7 Å². The summed E-state index contributed by atoms with van der Waals surface area (Å²) in [6, 6.07) is 0. The van der Waals surface area contributed by atoms with Gasteiger partial charge in [0.15, 0.2) is 24.6 Å². The van der Waals surface area contributed by atoms with Gasteiger partial charge in [0, 0.05) is 52.4 Å². The molecule has 7 rings (SSSR count). The molecule has 0 spiro atoms. The molecule has 7 aliphatic rings. The van der Waals surface area contributed by atoms with Crippen molar-refractivity contribution in [2.75, 3.05) is 6.61 Å². The molecule has 3 unspecified atom stereocenters. The quantitative estimate of drug-likeness (QED) is 0.0835. The minimum Gasteiger partial charge on any atom is -0.463 e. The third-order valence-corrected chi connectivity index (χ3v) is 17.6. The lowest BCUT2D eigenvalue weighted by atomic mass is 9.37. The van der Waals surface area contributed by atoms with Crippen LogP contribution in [0.1, 0.15) is 148 Å². The maximum Gasteiger partial charge on any atom is 0.303 e. The molecule has 17 atom stereocenters. The summed E-state index contributed by atoms with van der Waals surface area (Å²) in [6.45, 7) is 23.0. The van der Waals surface area contributed by atoms with Crippen molar-refractivity contribution in [2.45, 2.75) is 209 Å². The van der Waals surface area contributed by atoms with Crippen molar-refractivity contribution in [3.8, 4) is 0 Å². The van der Waals surface area contributed by atoms with Crippen molar-refractivity contribution in [3.63, 3.8) is 0 Å². The fraction of sp³-hybridized carbons (Fsp3) is 0.875. The van der Waals surface area contributed by atoms with E-state index in [-0.39, 0.29) is 76.5 Å². The highest BCUT2D eigenvalue weighted by molar-refractivity contribution is 5.69. The number of carbonyl (C=O) groups is 6. The molecule has 2 saturated heterocycles. The number of epoxide rings is 1. The monoisotopic (exact) mass is 888 g/mol. The minimum atomic E-state index is -1.36. The van der Waals surface area contributed by atoms with Gasteiger partial charge in [-0.15, -0.1) is 0 Å². The number of esters is 6. The molecule has 0 bridgehead atoms. The van der Waals surface area contributed by atoms with Crippen LogP contribution in [0, 0.1) is 50.7 Å². The summed E-state index contributed by atoms with van der Waals surface area (Å²) in [6.07, 6.45) is 0.0844. The van der Waals surface area contributed by atoms with E-state index in [1.807, 2.05) is 13.8 Å². The maximum absolute atomic E-state index is 12.9. The highest BCUT2D eigenvalue weighted by atomic mass is 16.7. The lowest BCUT2D eigenvalue weighted by Crippen LogP contribution is -2.69. The average molecular weight is 889 g/mol. The molecule has 5 saturated carbocycles. The molecular weight excluding hydrogens is 817 g/mol. The predicted molar refractivity (Wildman–Crippen MR) is 223 cm³/mol. The second-order valence-corrected chi connectivity index (χ2v) is 21.9. The molecule has 15 nitrogen and oxygen atoms in total. The largest absolute Gasteiger partial charge is 0.463 e. The zero-order valence-corrected chi connectivity index (χ0v) is 39.7. The molecule has 354 valence electrons. The van der Waals surface area contributed by atoms with Crippen LogP contribution in [0.5, 0.6) is 0 Å². The molecule has 0 aromatic heterocycles. The molecule has 0 aromatic carbocycles. The first-order valence-corrected chi connectivity index (χ1v) is 23.2. The number of hydrogen-bond donors (Lipinski definition) is 0. The van der Waals surface area contributed by atoms with Crippen LogP contribution >= 0.6 is 0 Å². The zero-order chi connectivity index (χ0) is 46.4. The van der Waals surface area contributed by atoms with E-state index in [1.165, 1.54) is 41.5 Å². The number of hydrogen-bond acceptors (Lipinski definition) is 15. The second kappa shape index (κ2) is 16.5. The Morgan fingerprint density at radius 1 is 0.667 bits per heavy atom. The highest BCUT2D eigenvalue weighted by Crippen LogP contribution is 2.91. The van der Waals surface area contributed by atoms with Crippen LogP contribution in [0.4, 0.5) is 0 Å². The Bertz CT molecular complexity index is 1840. The van der Waals surface area contributed by atoms with Gasteiger partial charge in [-0.2, -0.15) is 0 Å². The molecule has 15 heteroatoms. The molecule has 63 heavy (non-hydrogen) atoms. The summed E-state index contributed by atoms with van der Waals surface area (Å²) >= 11 is 0. The van der Waals surface area contributed by atoms with E-state index >= 15 is 0 Å². The number of fused-ring (bicyclic) bond motifs is 3. The van der Waals surface area contributed by atoms with Crippen LogP contribution in [-0.2, 0) is 71.4 Å². The molecule has 0 aromatic rings. The van der Waals surface area contributed by atoms with Crippen molar-refractivity contribution in [2.24, 2.45) is 50.7 Å². The van der Waals surface area contributed by atoms with Crippen LogP contribution in [0.25, 0.3) is 0 Å². The maximum atomic E-state index is 12.9. The standard InChI is InChI=1S/C48H72O15/c1-24(20-32(56-26(3)50)41-44(10,11)63-41)31-14-19-48-23-47(31,48)18-15-34-45(12)17-16-36(57-27(4)51)43(8,9)35(45)21-37(46(34,48)13)62-42-40(60-30(7)54)39(59-29(6)53)38(58-28(5)52)33(61-42)22-55-25(2)49/h24,31-42H,14-23H2,1-13H3/t24?,31-,32?,33+,34+,35-,36+,37+,38+,39-,40+,41?,42-,45+,46-,47+,48+/m0/s1. The van der Waals surface area contributed by atoms with Gasteiger partial charge in [0.25, 0.3) is 0 Å². The second-order valence-electron chi connectivity index (χ2n) is 21.9. The van der Waals surface area contributed by atoms with Gasteiger partial charge in [0.2, 0.25) is 0 Å². The van der Waals surface area contributed by atoms with Crippen molar-refractivity contribution in [1.82, 2.24) is 0 Å². The van der Waals surface area contributed by atoms with Gasteiger partial charge >= 0.3 is 35.8 Å². The Balaban J connectivity index is 1.30. The topological polar surface area (TPSA) is 189 Å². The molecule has 5 aliphatic carbocycles. The Hall–Kier alpha value is -3.30. The summed E-state index contributed by atoms with van der Waals surface area (Å²) in [7, 11) is 0. The van der Waals surface area contributed by atoms with E-state index < -0.39 is 71.5 Å². The van der Waals surface area contributed by atoms with Gasteiger partial charge in [-0.1, -0.05) is 34.6 Å². The van der Waals surface area contributed by atoms with E-state index in [1.54, 1.807) is 0 Å². The van der Waals surface area contributed by atoms with Crippen LogP contribution < -0.4 is 0 Å². The Morgan fingerprint density at radius 2 is 1.27 bits per heavy atom. The van der Waals surface area contributed by atoms with Gasteiger partial charge in [-0.05, 0) is 112 Å². The normalized spacial score (nSPS) is 43.5. The predicted octanol–water partition coefficient (Wildman–Crippen LogP) is 6.57. The molecular formula is C48H72O15. The minimum absolute atomic E-state index is 0.00883. The smallest absolute Gasteiger partial charge is 0.303 e. The van der Waals surface area contributed by atoms with Crippen molar-refractivity contribution >= 4 is 35.8 Å². The van der Waals surface area contributed by atoms with Crippen LogP contribution in [0.3, 0.4) is 0 Å². The summed E-state index contributed by atoms with van der Waals surface area (Å²) in [5.74, 6) is -2.53. The molecule has 2 heterocycles. The van der Waals surface area contributed by atoms with Crippen molar-refractivity contribution in [3.05, 3.63) is 0 Å². The SMILES string of the molecule is CC(=O)OC[C@H]1O[C@@H](O[C@@H]2C[C@H]3C(C)(C)[C@H](OC(C)=O)CC[C@]3(C)[C@H]3CC[C@]45C[C@]4(CC[C@H]5C(C)CC(OC(C)=O)C4OC4(C)C)[C@@]32C)[C@H](OC(C)=O)[C@@H](OC(C)=O)[C@@H]1OC(C)=O. The first-order valence-electron chi connectivity index (χ1n) is 23.2. The first kappa shape index (κ1) is 47.7. The number of carbonyl (C=O) groups excluding carboxylic acids is 6. The first-order chi connectivity index (χ1) is 29.2. The number of rotatable bonds is 13. The molecule has 2 aliphatic heterocycles. The fourth-order valence-corrected chi connectivity index (χ4v) is 15.3. The number of ether oxygens (including phenoxy) is 9. The lowest BCUT2D eigenvalue weighted by Gasteiger charge is -2.69. The van der Waals surface area contributed by atoms with Gasteiger partial charge in [0.1, 0.15) is 31.0 Å². The lowest BCUT2D eigenvalue weighted by molar-refractivity contribution is -0.346. The van der Waals surface area contributed by atoms with Gasteiger partial charge in [-0.3, -0.25) is 28.8 Å². The van der Waals surface area contributed by atoms with Gasteiger partial charge in [-0.25, -0.2) is 0 Å². The molecule has 7 fully saturated rings. The summed E-state index contributed by atoms with van der Waals surface area (Å²) in [5, 5.41) is 0. The molecule has 0 amide bonds. The molecule has 0 N–H and O–H groups in total. The van der Waals surface area contributed by atoms with Gasteiger partial charge < -0.3 is 42.6 Å². The fourth-order valence-electron chi connectivity index (χ4n) is 15.3. The molecule has 0 radical (unpaired) electrons. The van der Waals surface area contributed by atoms with Crippen molar-refractivity contribution in [1.29, 1.82) is 0 Å². The van der Waals surface area contributed by atoms with E-state index in [9.17, 15) is 28.8 Å². The Morgan fingerprint density at radius 3 is 1.84 bits per heavy atom. The third kappa shape index (κ3) is 8.09. The van der Waals surface area contributed by atoms with Crippen LogP contribution in [0.15, 0.2) is 0 Å². The van der Waals surface area contributed by atoms with E-state index in [4.69, 9.17) is 42.6 Å². The average Bonchev–Trinajstić information content (AvgIpc) is 3.98. The van der Waals surface area contributed by atoms with Crippen molar-refractivity contribution < 1.29 is 71.4 Å². The Labute approximate surface area is 372 Å². The van der Waals surface area contributed by atoms with Crippen LogP contribution in [-0.4, -0.2) is 103 Å². The zero-order valence-electron chi connectivity index (χ0n) is 39.7.